The molecule has 0 saturated carbocycles. The van der Waals surface area contributed by atoms with Crippen LogP contribution < -0.4 is 0 Å². The fraction of sp³-hybridized carbons (Fsp3) is 1.00. The minimum atomic E-state index is -3.01. The van der Waals surface area contributed by atoms with E-state index in [2.05, 4.69) is 0 Å². The lowest BCUT2D eigenvalue weighted by Gasteiger charge is -2.46. The highest BCUT2D eigenvalue weighted by molar-refractivity contribution is 7.26. The summed E-state index contributed by atoms with van der Waals surface area (Å²) in [5.74, 6) is 0. The van der Waals surface area contributed by atoms with Gasteiger partial charge < -0.3 is 49.4 Å². The van der Waals surface area contributed by atoms with Crippen LogP contribution in [0.25, 0.3) is 0 Å². The molecule has 2 fully saturated rings. The molecular weight excluding hydrogens is 649 g/mol. The van der Waals surface area contributed by atoms with Gasteiger partial charge >= 0.3 is 51.1 Å². The van der Waals surface area contributed by atoms with Gasteiger partial charge in [0, 0.05) is 0 Å². The highest BCUT2D eigenvalue weighted by atomic mass is 29.3. The molecule has 0 radical (unpaired) electrons. The van der Waals surface area contributed by atoms with E-state index in [9.17, 15) is 0 Å². The van der Waals surface area contributed by atoms with Crippen molar-refractivity contribution in [2.24, 2.45) is 0 Å². The van der Waals surface area contributed by atoms with Gasteiger partial charge in [-0.05, 0) is 65.5 Å². The molecule has 202 valence electrons. The Kier molecular flexibility index (Phi) is 12.8. The summed E-state index contributed by atoms with van der Waals surface area (Å²) in [6.45, 7) is 20.4. The SMILES string of the molecule is C[SiH]1O[Si](C)(C)O[Si](C)(C)O[Si](C)(C)O[Si](C)(C)O[Si](C)([SiH]2O[SiH2]O[SiH2]O[SiH2]O[SiH2]O[SiH2]O2)O1. The lowest BCUT2D eigenvalue weighted by molar-refractivity contribution is 0.244. The molecule has 0 amide bonds. The van der Waals surface area contributed by atoms with Gasteiger partial charge in [0.25, 0.3) is 59.3 Å². The van der Waals surface area contributed by atoms with Gasteiger partial charge in [0.05, 0.1) is 0 Å². The maximum atomic E-state index is 6.85. The topological polar surface area (TPSA) is 111 Å². The molecule has 2 aliphatic heterocycles. The predicted octanol–water partition coefficient (Wildman–Crippen LogP) is -2.76. The first-order valence-electron chi connectivity index (χ1n) is 11.2. The summed E-state index contributed by atoms with van der Waals surface area (Å²) in [7, 11) is -23.6. The third-order valence-electron chi connectivity index (χ3n) is 4.31. The predicted molar refractivity (Wildman–Crippen MR) is 157 cm³/mol. The maximum Gasteiger partial charge on any atom is 0.358 e. The highest BCUT2D eigenvalue weighted by Crippen LogP contribution is 2.29. The molecule has 12 nitrogen and oxygen atoms in total. The molecule has 2 atom stereocenters. The van der Waals surface area contributed by atoms with Gasteiger partial charge in [-0.25, -0.2) is 0 Å². The quantitative estimate of drug-likeness (QED) is 0.266. The van der Waals surface area contributed by atoms with Gasteiger partial charge in [-0.1, -0.05) is 0 Å². The van der Waals surface area contributed by atoms with Gasteiger partial charge in [0.1, 0.15) is 0 Å². The van der Waals surface area contributed by atoms with Crippen LogP contribution in [0, 0.1) is 0 Å². The average Bonchev–Trinajstić information content (AvgIpc) is 2.56. The van der Waals surface area contributed by atoms with Gasteiger partial charge in [-0.2, -0.15) is 0 Å². The fourth-order valence-electron chi connectivity index (χ4n) is 4.11. The summed E-state index contributed by atoms with van der Waals surface area (Å²) in [4.78, 5) is 0. The van der Waals surface area contributed by atoms with E-state index in [-0.39, 0.29) is 0 Å². The van der Waals surface area contributed by atoms with Crippen LogP contribution in [0.3, 0.4) is 0 Å². The van der Waals surface area contributed by atoms with Crippen LogP contribution in [0.15, 0.2) is 0 Å². The zero-order valence-electron chi connectivity index (χ0n) is 22.1. The second kappa shape index (κ2) is 13.5. The van der Waals surface area contributed by atoms with Crippen molar-refractivity contribution in [2.75, 3.05) is 0 Å². The smallest absolute Gasteiger partial charge is 0.358 e. The van der Waals surface area contributed by atoms with Crippen molar-refractivity contribution in [3.8, 4) is 0 Å². The number of rotatable bonds is 1. The summed E-state index contributed by atoms with van der Waals surface area (Å²) in [5, 5.41) is 0. The first-order valence-corrected chi connectivity index (χ1v) is 35.4. The second-order valence-electron chi connectivity index (χ2n) is 9.90. The first-order chi connectivity index (χ1) is 15.5. The molecule has 0 aromatic heterocycles. The Morgan fingerprint density at radius 3 is 1.32 bits per heavy atom. The van der Waals surface area contributed by atoms with Crippen molar-refractivity contribution in [2.45, 2.75) is 65.5 Å². The summed E-state index contributed by atoms with van der Waals surface area (Å²) in [6, 6.07) is 0. The average molecular weight is 691 g/mol. The van der Waals surface area contributed by atoms with Crippen LogP contribution in [0.2, 0.25) is 65.5 Å². The van der Waals surface area contributed by atoms with Crippen LogP contribution in [0.4, 0.5) is 0 Å². The monoisotopic (exact) mass is 690 g/mol. The van der Waals surface area contributed by atoms with Crippen LogP contribution in [-0.4, -0.2) is 110 Å². The summed E-state index contributed by atoms with van der Waals surface area (Å²) >= 11 is 0. The standard InChI is InChI=1S/C10H42O12Si12/c1-28-17-30(2,3)19-31(4,5)20-32(6,7)21-33(8,9)22-34(10,18-28)29-15-26-13-24-11-23-12-25-14-27-16-29/h28-29H,23-27H2,1-10H3. The van der Waals surface area contributed by atoms with Gasteiger partial charge in [-0.3, -0.25) is 0 Å². The third kappa shape index (κ3) is 11.9. The normalized spacial score (nSPS) is 39.7. The Hall–Kier alpha value is 2.12. The Labute approximate surface area is 224 Å². The van der Waals surface area contributed by atoms with Crippen LogP contribution in [0.5, 0.6) is 0 Å². The van der Waals surface area contributed by atoms with Crippen molar-refractivity contribution in [3.05, 3.63) is 0 Å². The largest absolute Gasteiger partial charge is 0.425 e. The van der Waals surface area contributed by atoms with Crippen LogP contribution >= 0.6 is 0 Å². The van der Waals surface area contributed by atoms with E-state index < -0.39 is 110 Å². The van der Waals surface area contributed by atoms with Crippen molar-refractivity contribution in [1.82, 2.24) is 0 Å². The van der Waals surface area contributed by atoms with E-state index in [1.807, 2.05) is 65.5 Å². The molecule has 0 bridgehead atoms. The molecule has 0 aliphatic carbocycles. The summed E-state index contributed by atoms with van der Waals surface area (Å²) < 4.78 is 75.0. The van der Waals surface area contributed by atoms with E-state index in [0.29, 0.717) is 0 Å². The van der Waals surface area contributed by atoms with Crippen molar-refractivity contribution in [1.29, 1.82) is 0 Å². The van der Waals surface area contributed by atoms with E-state index in [4.69, 9.17) is 49.4 Å². The maximum absolute atomic E-state index is 6.85. The molecule has 2 saturated heterocycles. The molecule has 34 heavy (non-hydrogen) atoms. The van der Waals surface area contributed by atoms with E-state index in [1.165, 1.54) is 0 Å². The zero-order valence-corrected chi connectivity index (χ0v) is 36.5. The zero-order chi connectivity index (χ0) is 25.7. The van der Waals surface area contributed by atoms with E-state index in [1.54, 1.807) is 0 Å². The Balaban J connectivity index is 2.35. The molecular formula is C10H42O12Si12. The molecule has 0 spiro atoms. The fourth-order valence-corrected chi connectivity index (χ4v) is 58.1. The van der Waals surface area contributed by atoms with Crippen molar-refractivity contribution >= 4 is 110 Å². The van der Waals surface area contributed by atoms with Crippen molar-refractivity contribution < 1.29 is 49.4 Å². The van der Waals surface area contributed by atoms with Gasteiger partial charge in [0.2, 0.25) is 0 Å². The Morgan fingerprint density at radius 1 is 0.471 bits per heavy atom. The first kappa shape index (κ1) is 32.3. The molecule has 24 heteroatoms. The highest BCUT2D eigenvalue weighted by Gasteiger charge is 2.55. The lowest BCUT2D eigenvalue weighted by Crippen LogP contribution is -2.68. The second-order valence-corrected chi connectivity index (χ2v) is 45.0. The molecule has 2 heterocycles. The van der Waals surface area contributed by atoms with Crippen LogP contribution in [0.1, 0.15) is 0 Å². The van der Waals surface area contributed by atoms with Gasteiger partial charge in [0.15, 0.2) is 0 Å². The Morgan fingerprint density at radius 2 is 0.853 bits per heavy atom. The molecule has 0 aromatic rings. The molecule has 0 aromatic carbocycles. The lowest BCUT2D eigenvalue weighted by atomic mass is 11.9. The van der Waals surface area contributed by atoms with Gasteiger partial charge in [-0.15, -0.1) is 0 Å². The number of hydrogen-bond acceptors (Lipinski definition) is 12. The van der Waals surface area contributed by atoms with E-state index in [0.717, 1.165) is 0 Å². The molecule has 2 unspecified atom stereocenters. The minimum absolute atomic E-state index is 0.988. The third-order valence-corrected chi connectivity index (χ3v) is 44.0. The van der Waals surface area contributed by atoms with Crippen LogP contribution in [-0.2, 0) is 49.4 Å². The summed E-state index contributed by atoms with van der Waals surface area (Å²) in [5.41, 5.74) is 0. The molecule has 2 rings (SSSR count). The Bertz CT molecular complexity index is 633. The van der Waals surface area contributed by atoms with E-state index >= 15 is 0 Å². The molecule has 2 aliphatic rings. The molecule has 0 N–H and O–H groups in total. The minimum Gasteiger partial charge on any atom is -0.425 e. The number of hydrogen-bond donors (Lipinski definition) is 0. The van der Waals surface area contributed by atoms with Crippen molar-refractivity contribution in [3.63, 3.8) is 0 Å². The summed E-state index contributed by atoms with van der Waals surface area (Å²) in [6.07, 6.45) is 0.